The molecule has 0 aromatic carbocycles. The number of hydrogen-bond acceptors (Lipinski definition) is 2. The fourth-order valence-corrected chi connectivity index (χ4v) is 3.29. The zero-order valence-corrected chi connectivity index (χ0v) is 11.7. The summed E-state index contributed by atoms with van der Waals surface area (Å²) in [7, 11) is 0. The van der Waals surface area contributed by atoms with Crippen LogP contribution in [-0.4, -0.2) is 40.1 Å². The minimum absolute atomic E-state index is 0.0597. The number of amides is 2. The Labute approximate surface area is 114 Å². The van der Waals surface area contributed by atoms with E-state index in [-0.39, 0.29) is 24.0 Å². The first-order valence-corrected chi connectivity index (χ1v) is 7.31. The van der Waals surface area contributed by atoms with E-state index in [0.717, 1.165) is 44.9 Å². The van der Waals surface area contributed by atoms with Crippen molar-refractivity contribution in [2.45, 2.75) is 69.9 Å². The third-order valence-electron chi connectivity index (χ3n) is 4.41. The average molecular weight is 268 g/mol. The predicted octanol–water partition coefficient (Wildman–Crippen LogP) is 2.36. The Balaban J connectivity index is 1.96. The highest BCUT2D eigenvalue weighted by Gasteiger charge is 2.34. The molecule has 0 aromatic rings. The second-order valence-corrected chi connectivity index (χ2v) is 6.14. The highest BCUT2D eigenvalue weighted by molar-refractivity contribution is 5.77. The largest absolute Gasteiger partial charge is 0.481 e. The van der Waals surface area contributed by atoms with Gasteiger partial charge < -0.3 is 15.3 Å². The average Bonchev–Trinajstić information content (AvgIpc) is 2.75. The Morgan fingerprint density at radius 1 is 1.26 bits per heavy atom. The Hall–Kier alpha value is -1.26. The lowest BCUT2D eigenvalue weighted by atomic mass is 9.98. The summed E-state index contributed by atoms with van der Waals surface area (Å²) in [6.45, 7) is 2.77. The van der Waals surface area contributed by atoms with Crippen molar-refractivity contribution in [3.05, 3.63) is 0 Å². The lowest BCUT2D eigenvalue weighted by Gasteiger charge is -2.37. The van der Waals surface area contributed by atoms with Gasteiger partial charge in [-0.05, 0) is 39.0 Å². The van der Waals surface area contributed by atoms with Gasteiger partial charge in [0.1, 0.15) is 0 Å². The molecule has 2 amide bonds. The number of likely N-dealkylation sites (tertiary alicyclic amines) is 1. The smallest absolute Gasteiger partial charge is 0.318 e. The first kappa shape index (κ1) is 14.2. The molecule has 1 saturated heterocycles. The van der Waals surface area contributed by atoms with E-state index in [0.29, 0.717) is 6.54 Å². The number of piperidine rings is 1. The highest BCUT2D eigenvalue weighted by Crippen LogP contribution is 2.29. The monoisotopic (exact) mass is 268 g/mol. The van der Waals surface area contributed by atoms with Gasteiger partial charge in [0.05, 0.1) is 6.42 Å². The summed E-state index contributed by atoms with van der Waals surface area (Å²) in [6.07, 6.45) is 7.22. The van der Waals surface area contributed by atoms with Crippen molar-refractivity contribution in [3.8, 4) is 0 Å². The van der Waals surface area contributed by atoms with Gasteiger partial charge in [-0.3, -0.25) is 4.79 Å². The van der Waals surface area contributed by atoms with E-state index in [1.807, 2.05) is 0 Å². The molecule has 1 saturated carbocycles. The maximum absolute atomic E-state index is 12.4. The van der Waals surface area contributed by atoms with Crippen molar-refractivity contribution in [2.75, 3.05) is 6.54 Å². The van der Waals surface area contributed by atoms with Gasteiger partial charge >= 0.3 is 12.0 Å². The number of carbonyl (C=O) groups excluding carboxylic acids is 1. The minimum Gasteiger partial charge on any atom is -0.481 e. The zero-order valence-electron chi connectivity index (χ0n) is 11.7. The summed E-state index contributed by atoms with van der Waals surface area (Å²) in [6, 6.07) is -0.216. The highest BCUT2D eigenvalue weighted by atomic mass is 16.4. The molecule has 0 spiro atoms. The number of aliphatic carboxylic acids is 1. The van der Waals surface area contributed by atoms with E-state index in [1.165, 1.54) is 0 Å². The van der Waals surface area contributed by atoms with E-state index in [2.05, 4.69) is 12.2 Å². The number of urea groups is 1. The van der Waals surface area contributed by atoms with Crippen LogP contribution < -0.4 is 5.32 Å². The Morgan fingerprint density at radius 3 is 2.58 bits per heavy atom. The van der Waals surface area contributed by atoms with Crippen LogP contribution in [0, 0.1) is 0 Å². The zero-order chi connectivity index (χ0) is 13.9. The molecular weight excluding hydrogens is 244 g/mol. The van der Waals surface area contributed by atoms with Gasteiger partial charge in [-0.25, -0.2) is 4.79 Å². The van der Waals surface area contributed by atoms with Crippen LogP contribution in [0.15, 0.2) is 0 Å². The minimum atomic E-state index is -0.822. The molecule has 1 aliphatic heterocycles. The summed E-state index contributed by atoms with van der Waals surface area (Å²) in [4.78, 5) is 25.0. The van der Waals surface area contributed by atoms with Gasteiger partial charge in [0.2, 0.25) is 0 Å². The molecule has 19 heavy (non-hydrogen) atoms. The summed E-state index contributed by atoms with van der Waals surface area (Å²) in [5.41, 5.74) is -0.0949. The Kier molecular flexibility index (Phi) is 4.32. The molecule has 5 nitrogen and oxygen atoms in total. The molecule has 1 aliphatic carbocycles. The van der Waals surface area contributed by atoms with Gasteiger partial charge in [-0.2, -0.15) is 0 Å². The number of carboxylic acids is 1. The number of carboxylic acid groups (broad SMARTS) is 1. The summed E-state index contributed by atoms with van der Waals surface area (Å²) >= 11 is 0. The molecule has 5 heteroatoms. The number of rotatable bonds is 3. The number of nitrogens with one attached hydrogen (secondary N) is 1. The molecule has 2 rings (SSSR count). The molecule has 108 valence electrons. The summed E-state index contributed by atoms with van der Waals surface area (Å²) in [5.74, 6) is -0.822. The molecule has 2 N–H and O–H groups in total. The van der Waals surface area contributed by atoms with Crippen LogP contribution in [0.4, 0.5) is 4.79 Å². The van der Waals surface area contributed by atoms with Crippen LogP contribution in [0.1, 0.15) is 58.3 Å². The molecule has 0 radical (unpaired) electrons. The van der Waals surface area contributed by atoms with Gasteiger partial charge in [0.15, 0.2) is 0 Å². The molecule has 1 heterocycles. The van der Waals surface area contributed by atoms with Crippen LogP contribution in [0.2, 0.25) is 0 Å². The third-order valence-corrected chi connectivity index (χ3v) is 4.41. The second kappa shape index (κ2) is 5.80. The molecule has 1 atom stereocenters. The fourth-order valence-electron chi connectivity index (χ4n) is 3.29. The van der Waals surface area contributed by atoms with Crippen molar-refractivity contribution >= 4 is 12.0 Å². The molecule has 2 fully saturated rings. The van der Waals surface area contributed by atoms with Crippen LogP contribution in [0.25, 0.3) is 0 Å². The molecule has 0 bridgehead atoms. The molecule has 0 aromatic heterocycles. The van der Waals surface area contributed by atoms with Crippen LogP contribution >= 0.6 is 0 Å². The topological polar surface area (TPSA) is 69.6 Å². The summed E-state index contributed by atoms with van der Waals surface area (Å²) < 4.78 is 0. The van der Waals surface area contributed by atoms with Crippen molar-refractivity contribution in [3.63, 3.8) is 0 Å². The van der Waals surface area contributed by atoms with Gasteiger partial charge in [-0.1, -0.05) is 12.8 Å². The van der Waals surface area contributed by atoms with Gasteiger partial charge in [0.25, 0.3) is 0 Å². The Morgan fingerprint density at radius 2 is 1.95 bits per heavy atom. The maximum atomic E-state index is 12.4. The van der Waals surface area contributed by atoms with E-state index < -0.39 is 5.97 Å². The van der Waals surface area contributed by atoms with Crippen molar-refractivity contribution < 1.29 is 14.7 Å². The first-order chi connectivity index (χ1) is 9.00. The predicted molar refractivity (Wildman–Crippen MR) is 72.0 cm³/mol. The lowest BCUT2D eigenvalue weighted by Crippen LogP contribution is -2.55. The van der Waals surface area contributed by atoms with Crippen molar-refractivity contribution in [2.24, 2.45) is 0 Å². The van der Waals surface area contributed by atoms with Crippen molar-refractivity contribution in [1.29, 1.82) is 0 Å². The van der Waals surface area contributed by atoms with E-state index in [4.69, 9.17) is 5.11 Å². The van der Waals surface area contributed by atoms with Crippen LogP contribution in [0.3, 0.4) is 0 Å². The maximum Gasteiger partial charge on any atom is 0.318 e. The second-order valence-electron chi connectivity index (χ2n) is 6.14. The van der Waals surface area contributed by atoms with E-state index in [9.17, 15) is 9.59 Å². The standard InChI is InChI=1S/C14H24N2O3/c1-14(7-3-4-8-14)15-13(19)16-9-5-2-6-11(16)10-12(17)18/h11H,2-10H2,1H3,(H,15,19)(H,17,18). The van der Waals surface area contributed by atoms with Gasteiger partial charge in [-0.15, -0.1) is 0 Å². The number of hydrogen-bond donors (Lipinski definition) is 2. The Bertz CT molecular complexity index is 351. The lowest BCUT2D eigenvalue weighted by molar-refractivity contribution is -0.138. The van der Waals surface area contributed by atoms with Crippen LogP contribution in [0.5, 0.6) is 0 Å². The number of nitrogens with zero attached hydrogens (tertiary/aromatic N) is 1. The van der Waals surface area contributed by atoms with Crippen LogP contribution in [-0.2, 0) is 4.79 Å². The molecule has 2 aliphatic rings. The number of carbonyl (C=O) groups is 2. The normalized spacial score (nSPS) is 26.2. The fraction of sp³-hybridized carbons (Fsp3) is 0.857. The van der Waals surface area contributed by atoms with Crippen molar-refractivity contribution in [1.82, 2.24) is 10.2 Å². The van der Waals surface area contributed by atoms with E-state index >= 15 is 0 Å². The molecule has 1 unspecified atom stereocenters. The third kappa shape index (κ3) is 3.61. The molecular formula is C14H24N2O3. The van der Waals surface area contributed by atoms with Gasteiger partial charge in [0, 0.05) is 18.1 Å². The SMILES string of the molecule is CC1(NC(=O)N2CCCCC2CC(=O)O)CCCC1. The van der Waals surface area contributed by atoms with E-state index in [1.54, 1.807) is 4.90 Å². The first-order valence-electron chi connectivity index (χ1n) is 7.31. The summed E-state index contributed by atoms with van der Waals surface area (Å²) in [5, 5.41) is 12.1. The quantitative estimate of drug-likeness (QED) is 0.825.